The molecule has 6 nitrogen and oxygen atoms in total. The van der Waals surface area contributed by atoms with Crippen LogP contribution in [0.25, 0.3) is 22.4 Å². The minimum absolute atomic E-state index is 0.0269. The maximum atomic E-state index is 14.0. The van der Waals surface area contributed by atoms with E-state index in [0.29, 0.717) is 21.9 Å². The summed E-state index contributed by atoms with van der Waals surface area (Å²) in [6, 6.07) is 12.2. The average molecular weight is 494 g/mol. The van der Waals surface area contributed by atoms with Crippen LogP contribution in [0.3, 0.4) is 0 Å². The number of carbonyl (C=O) groups is 2. The van der Waals surface area contributed by atoms with E-state index in [1.54, 1.807) is 18.2 Å². The number of hydrogen-bond acceptors (Lipinski definition) is 3. The number of carboxylic acids is 1. The fourth-order valence-electron chi connectivity index (χ4n) is 5.84. The van der Waals surface area contributed by atoms with Gasteiger partial charge in [-0.3, -0.25) is 4.79 Å². The molecule has 1 atom stereocenters. The Balaban J connectivity index is 1.66. The minimum Gasteiger partial charge on any atom is -0.478 e. The number of aromatic nitrogens is 2. The van der Waals surface area contributed by atoms with E-state index in [-0.39, 0.29) is 23.4 Å². The van der Waals surface area contributed by atoms with Crippen LogP contribution in [0.1, 0.15) is 80.6 Å². The summed E-state index contributed by atoms with van der Waals surface area (Å²) in [5.74, 6) is -0.120. The Hall–Kier alpha value is -2.86. The number of rotatable bonds is 6. The van der Waals surface area contributed by atoms with E-state index in [9.17, 15) is 14.7 Å². The van der Waals surface area contributed by atoms with Gasteiger partial charge in [-0.15, -0.1) is 0 Å². The summed E-state index contributed by atoms with van der Waals surface area (Å²) in [6.45, 7) is 0. The Morgan fingerprint density at radius 2 is 1.60 bits per heavy atom. The van der Waals surface area contributed by atoms with Gasteiger partial charge < -0.3 is 15.0 Å². The molecule has 0 spiro atoms. The molecule has 5 rings (SSSR count). The van der Waals surface area contributed by atoms with Gasteiger partial charge in [0.15, 0.2) is 0 Å². The van der Waals surface area contributed by atoms with Crippen LogP contribution in [-0.2, 0) is 4.79 Å². The van der Waals surface area contributed by atoms with Crippen molar-refractivity contribution in [3.8, 4) is 11.4 Å². The summed E-state index contributed by atoms with van der Waals surface area (Å²) in [5.41, 5.74) is 2.42. The summed E-state index contributed by atoms with van der Waals surface area (Å²) >= 11 is 6.16. The molecular formula is C28H32ClN3O3. The van der Waals surface area contributed by atoms with Crippen molar-refractivity contribution >= 4 is 34.5 Å². The zero-order valence-corrected chi connectivity index (χ0v) is 20.6. The molecule has 7 heteroatoms. The number of carboxylic acid groups (broad SMARTS) is 1. The number of nitrogens with zero attached hydrogens (tertiary/aromatic N) is 2. The molecule has 1 aromatic heterocycles. The number of hydrogen-bond donors (Lipinski definition) is 2. The Morgan fingerprint density at radius 1 is 0.943 bits per heavy atom. The van der Waals surface area contributed by atoms with Gasteiger partial charge in [0.25, 0.3) is 0 Å². The van der Waals surface area contributed by atoms with Crippen LogP contribution in [0.15, 0.2) is 42.5 Å². The number of benzene rings is 2. The van der Waals surface area contributed by atoms with Gasteiger partial charge in [0.2, 0.25) is 5.91 Å². The zero-order valence-electron chi connectivity index (χ0n) is 19.9. The molecule has 2 aliphatic rings. The van der Waals surface area contributed by atoms with Crippen LogP contribution in [0, 0.1) is 5.92 Å². The SMILES string of the molecule is O=C(O)c1ccc2nc(-c3ccc(Cl)cc3)n(C(C(=O)NC3CCCCC3)C3CCCCC3)c2c1. The van der Waals surface area contributed by atoms with Crippen molar-refractivity contribution in [2.24, 2.45) is 5.92 Å². The van der Waals surface area contributed by atoms with Gasteiger partial charge in [0.1, 0.15) is 11.9 Å². The molecule has 2 N–H and O–H groups in total. The first-order valence-corrected chi connectivity index (χ1v) is 13.2. The molecule has 0 aliphatic heterocycles. The molecule has 2 fully saturated rings. The lowest BCUT2D eigenvalue weighted by Crippen LogP contribution is -2.43. The predicted octanol–water partition coefficient (Wildman–Crippen LogP) is 6.63. The Kier molecular flexibility index (Phi) is 7.09. The first-order valence-electron chi connectivity index (χ1n) is 12.8. The van der Waals surface area contributed by atoms with Crippen LogP contribution >= 0.6 is 11.6 Å². The van der Waals surface area contributed by atoms with Crippen molar-refractivity contribution in [1.82, 2.24) is 14.9 Å². The lowest BCUT2D eigenvalue weighted by atomic mass is 9.82. The quantitative estimate of drug-likeness (QED) is 0.404. The van der Waals surface area contributed by atoms with Crippen LogP contribution in [0.2, 0.25) is 5.02 Å². The lowest BCUT2D eigenvalue weighted by molar-refractivity contribution is -0.127. The fourth-order valence-corrected chi connectivity index (χ4v) is 5.96. The summed E-state index contributed by atoms with van der Waals surface area (Å²) in [6.07, 6.45) is 10.9. The minimum atomic E-state index is -0.992. The summed E-state index contributed by atoms with van der Waals surface area (Å²) in [7, 11) is 0. The van der Waals surface area contributed by atoms with E-state index in [0.717, 1.165) is 56.9 Å². The van der Waals surface area contributed by atoms with E-state index in [1.165, 1.54) is 12.8 Å². The topological polar surface area (TPSA) is 84.2 Å². The van der Waals surface area contributed by atoms with E-state index in [4.69, 9.17) is 16.6 Å². The molecule has 3 aromatic rings. The van der Waals surface area contributed by atoms with E-state index in [1.807, 2.05) is 28.8 Å². The highest BCUT2D eigenvalue weighted by Crippen LogP contribution is 2.39. The molecule has 1 amide bonds. The number of nitrogens with one attached hydrogen (secondary N) is 1. The number of halogens is 1. The number of aromatic carboxylic acids is 1. The fraction of sp³-hybridized carbons (Fsp3) is 0.464. The molecule has 0 bridgehead atoms. The molecule has 1 heterocycles. The highest BCUT2D eigenvalue weighted by Gasteiger charge is 2.35. The molecule has 1 unspecified atom stereocenters. The summed E-state index contributed by atoms with van der Waals surface area (Å²) in [5, 5.41) is 13.7. The standard InChI is InChI=1S/C28H32ClN3O3/c29-21-14-11-19(12-15-21)26-31-23-16-13-20(28(34)35)17-24(23)32(26)25(18-7-3-1-4-8-18)27(33)30-22-9-5-2-6-10-22/h11-18,22,25H,1-10H2,(H,30,33)(H,34,35). The largest absolute Gasteiger partial charge is 0.478 e. The maximum absolute atomic E-state index is 14.0. The van der Waals surface area contributed by atoms with Crippen LogP contribution in [-0.4, -0.2) is 32.6 Å². The van der Waals surface area contributed by atoms with Crippen LogP contribution in [0.4, 0.5) is 0 Å². The molecule has 0 radical (unpaired) electrons. The van der Waals surface area contributed by atoms with E-state index < -0.39 is 12.0 Å². The number of amides is 1. The summed E-state index contributed by atoms with van der Waals surface area (Å²) in [4.78, 5) is 30.7. The number of fused-ring (bicyclic) bond motifs is 1. The van der Waals surface area contributed by atoms with Crippen molar-refractivity contribution in [1.29, 1.82) is 0 Å². The van der Waals surface area contributed by atoms with E-state index in [2.05, 4.69) is 5.32 Å². The van der Waals surface area contributed by atoms with Crippen molar-refractivity contribution < 1.29 is 14.7 Å². The summed E-state index contributed by atoms with van der Waals surface area (Å²) < 4.78 is 2.01. The first kappa shape index (κ1) is 23.9. The zero-order chi connectivity index (χ0) is 24.4. The van der Waals surface area contributed by atoms with Crippen molar-refractivity contribution in [2.45, 2.75) is 76.3 Å². The highest BCUT2D eigenvalue weighted by atomic mass is 35.5. The lowest BCUT2D eigenvalue weighted by Gasteiger charge is -2.33. The monoisotopic (exact) mass is 493 g/mol. The van der Waals surface area contributed by atoms with Gasteiger partial charge in [-0.25, -0.2) is 9.78 Å². The number of carbonyl (C=O) groups excluding carboxylic acids is 1. The third-order valence-corrected chi connectivity index (χ3v) is 7.89. The molecule has 2 saturated carbocycles. The molecule has 2 aliphatic carbocycles. The van der Waals surface area contributed by atoms with Crippen molar-refractivity contribution in [2.75, 3.05) is 0 Å². The van der Waals surface area contributed by atoms with Gasteiger partial charge in [-0.2, -0.15) is 0 Å². The van der Waals surface area contributed by atoms with Gasteiger partial charge in [-0.05, 0) is 74.1 Å². The maximum Gasteiger partial charge on any atom is 0.335 e. The highest BCUT2D eigenvalue weighted by molar-refractivity contribution is 6.30. The Morgan fingerprint density at radius 3 is 2.26 bits per heavy atom. The molecule has 35 heavy (non-hydrogen) atoms. The van der Waals surface area contributed by atoms with Crippen molar-refractivity contribution in [3.05, 3.63) is 53.1 Å². The third kappa shape index (κ3) is 5.08. The van der Waals surface area contributed by atoms with Gasteiger partial charge >= 0.3 is 5.97 Å². The van der Waals surface area contributed by atoms with Crippen molar-refractivity contribution in [3.63, 3.8) is 0 Å². The smallest absolute Gasteiger partial charge is 0.335 e. The van der Waals surface area contributed by atoms with E-state index >= 15 is 0 Å². The van der Waals surface area contributed by atoms with Crippen LogP contribution in [0.5, 0.6) is 0 Å². The molecular weight excluding hydrogens is 462 g/mol. The van der Waals surface area contributed by atoms with Gasteiger partial charge in [0.05, 0.1) is 16.6 Å². The Labute approximate surface area is 210 Å². The molecule has 0 saturated heterocycles. The van der Waals surface area contributed by atoms with Crippen LogP contribution < -0.4 is 5.32 Å². The second kappa shape index (κ2) is 10.4. The second-order valence-corrected chi connectivity index (χ2v) is 10.4. The third-order valence-electron chi connectivity index (χ3n) is 7.63. The number of imidazole rings is 1. The molecule has 184 valence electrons. The molecule has 2 aromatic carbocycles. The second-order valence-electron chi connectivity index (χ2n) is 10.0. The average Bonchev–Trinajstić information content (AvgIpc) is 3.24. The normalized spacial score (nSPS) is 18.4. The van der Waals surface area contributed by atoms with Gasteiger partial charge in [-0.1, -0.05) is 50.1 Å². The first-order chi connectivity index (χ1) is 17.0. The predicted molar refractivity (Wildman–Crippen MR) is 138 cm³/mol. The van der Waals surface area contributed by atoms with Gasteiger partial charge in [0, 0.05) is 16.6 Å². The Bertz CT molecular complexity index is 1210.